The fourth-order valence-corrected chi connectivity index (χ4v) is 4.89. The summed E-state index contributed by atoms with van der Waals surface area (Å²) < 4.78 is 5.40. The number of morpholine rings is 1. The third-order valence-corrected chi connectivity index (χ3v) is 6.49. The second kappa shape index (κ2) is 9.26. The van der Waals surface area contributed by atoms with E-state index in [4.69, 9.17) is 4.74 Å². The van der Waals surface area contributed by atoms with Gasteiger partial charge in [0.05, 0.1) is 19.1 Å². The van der Waals surface area contributed by atoms with Crippen molar-refractivity contribution < 1.29 is 9.53 Å². The Labute approximate surface area is 173 Å². The molecule has 4 rings (SSSR count). The maximum atomic E-state index is 12.9. The van der Waals surface area contributed by atoms with Crippen LogP contribution < -0.4 is 9.80 Å². The van der Waals surface area contributed by atoms with Gasteiger partial charge < -0.3 is 19.4 Å². The number of amides is 1. The summed E-state index contributed by atoms with van der Waals surface area (Å²) in [7, 11) is 4.03. The molecular weight excluding hydrogens is 368 g/mol. The molecule has 0 unspecified atom stereocenters. The molecule has 3 saturated heterocycles. The van der Waals surface area contributed by atoms with Gasteiger partial charge in [0.25, 0.3) is 0 Å². The lowest BCUT2D eigenvalue weighted by molar-refractivity contribution is -0.141. The van der Waals surface area contributed by atoms with Crippen LogP contribution >= 0.6 is 0 Å². The average molecular weight is 403 g/mol. The van der Waals surface area contributed by atoms with E-state index in [1.807, 2.05) is 23.9 Å². The molecule has 0 spiro atoms. The van der Waals surface area contributed by atoms with Gasteiger partial charge in [-0.05, 0) is 32.2 Å². The average Bonchev–Trinajstić information content (AvgIpc) is 2.79. The van der Waals surface area contributed by atoms with Crippen molar-refractivity contribution in [1.29, 1.82) is 0 Å². The summed E-state index contributed by atoms with van der Waals surface area (Å²) in [5.74, 6) is 2.40. The number of carbonyl (C=O) groups excluding carboxylic acids is 1. The fourth-order valence-electron chi connectivity index (χ4n) is 4.89. The zero-order chi connectivity index (χ0) is 20.2. The zero-order valence-corrected chi connectivity index (χ0v) is 17.8. The van der Waals surface area contributed by atoms with Gasteiger partial charge in [-0.2, -0.15) is 0 Å². The van der Waals surface area contributed by atoms with Crippen LogP contribution in [0, 0.1) is 5.92 Å². The summed E-state index contributed by atoms with van der Waals surface area (Å²) in [4.78, 5) is 31.0. The quantitative estimate of drug-likeness (QED) is 0.747. The third kappa shape index (κ3) is 4.64. The lowest BCUT2D eigenvalue weighted by Gasteiger charge is -2.43. The van der Waals surface area contributed by atoms with E-state index >= 15 is 0 Å². The van der Waals surface area contributed by atoms with E-state index in [9.17, 15) is 4.79 Å². The van der Waals surface area contributed by atoms with Crippen molar-refractivity contribution in [3.63, 3.8) is 0 Å². The lowest BCUT2D eigenvalue weighted by atomic mass is 9.92. The van der Waals surface area contributed by atoms with Gasteiger partial charge in [-0.15, -0.1) is 0 Å². The Hall–Kier alpha value is -1.93. The lowest BCUT2D eigenvalue weighted by Crippen LogP contribution is -2.52. The number of piperidine rings is 2. The smallest absolute Gasteiger partial charge is 0.227 e. The van der Waals surface area contributed by atoms with Crippen molar-refractivity contribution in [3.05, 3.63) is 12.4 Å². The first-order valence-electron chi connectivity index (χ1n) is 11.0. The highest BCUT2D eigenvalue weighted by atomic mass is 16.5. The number of anilines is 2. The Morgan fingerprint density at radius 1 is 1.03 bits per heavy atom. The maximum Gasteiger partial charge on any atom is 0.227 e. The van der Waals surface area contributed by atoms with Crippen LogP contribution in [0.15, 0.2) is 12.4 Å². The van der Waals surface area contributed by atoms with E-state index in [2.05, 4.69) is 19.8 Å². The minimum Gasteiger partial charge on any atom is -0.378 e. The van der Waals surface area contributed by atoms with Gasteiger partial charge in [0, 0.05) is 65.3 Å². The highest BCUT2D eigenvalue weighted by Crippen LogP contribution is 2.29. The molecule has 8 heteroatoms. The topological polar surface area (TPSA) is 65.0 Å². The summed E-state index contributed by atoms with van der Waals surface area (Å²) in [5.41, 5.74) is 0. The first-order valence-corrected chi connectivity index (χ1v) is 11.0. The second-order valence-corrected chi connectivity index (χ2v) is 8.59. The number of rotatable bonds is 4. The number of carbonyl (C=O) groups is 1. The molecule has 1 atom stereocenters. The summed E-state index contributed by atoms with van der Waals surface area (Å²) >= 11 is 0. The Morgan fingerprint density at radius 2 is 1.76 bits per heavy atom. The largest absolute Gasteiger partial charge is 0.378 e. The molecular formula is C21H34N6O2. The Kier molecular flexibility index (Phi) is 6.50. The maximum absolute atomic E-state index is 12.9. The molecule has 3 fully saturated rings. The normalized spacial score (nSPS) is 24.6. The Balaban J connectivity index is 1.33. The molecule has 1 aromatic rings. The molecule has 29 heavy (non-hydrogen) atoms. The number of ether oxygens (including phenoxy) is 1. The molecule has 0 aromatic carbocycles. The van der Waals surface area contributed by atoms with Crippen LogP contribution in [-0.2, 0) is 9.53 Å². The van der Waals surface area contributed by atoms with Gasteiger partial charge >= 0.3 is 0 Å². The van der Waals surface area contributed by atoms with E-state index in [1.54, 1.807) is 12.4 Å². The SMILES string of the molecule is CN(C)c1nccnc1N1CCC(N2CCC[C@H](C(=O)N3CCOCC3)C2)CC1. The van der Waals surface area contributed by atoms with Crippen LogP contribution in [0.4, 0.5) is 11.6 Å². The number of hydrogen-bond donors (Lipinski definition) is 0. The van der Waals surface area contributed by atoms with Crippen molar-refractivity contribution >= 4 is 17.5 Å². The number of likely N-dealkylation sites (tertiary alicyclic amines) is 1. The predicted molar refractivity (Wildman–Crippen MR) is 113 cm³/mol. The van der Waals surface area contributed by atoms with Gasteiger partial charge in [-0.25, -0.2) is 9.97 Å². The van der Waals surface area contributed by atoms with Crippen molar-refractivity contribution in [1.82, 2.24) is 19.8 Å². The second-order valence-electron chi connectivity index (χ2n) is 8.59. The highest BCUT2D eigenvalue weighted by Gasteiger charge is 2.34. The predicted octanol–water partition coefficient (Wildman–Crippen LogP) is 1.08. The van der Waals surface area contributed by atoms with Crippen molar-refractivity contribution in [2.45, 2.75) is 31.7 Å². The summed E-state index contributed by atoms with van der Waals surface area (Å²) in [6.45, 7) is 6.86. The Morgan fingerprint density at radius 3 is 2.48 bits per heavy atom. The van der Waals surface area contributed by atoms with E-state index in [0.717, 1.165) is 76.6 Å². The standard InChI is InChI=1S/C21H34N6O2/c1-24(2)19-20(23-8-7-22-19)25-10-5-18(6-11-25)27-9-3-4-17(16-27)21(28)26-12-14-29-15-13-26/h7-8,17-18H,3-6,9-16H2,1-2H3/t17-/m0/s1. The van der Waals surface area contributed by atoms with Gasteiger partial charge in [0.2, 0.25) is 5.91 Å². The van der Waals surface area contributed by atoms with Crippen LogP contribution in [-0.4, -0.2) is 98.3 Å². The molecule has 0 saturated carbocycles. The minimum atomic E-state index is 0.153. The number of hydrogen-bond acceptors (Lipinski definition) is 7. The molecule has 8 nitrogen and oxygen atoms in total. The third-order valence-electron chi connectivity index (χ3n) is 6.49. The van der Waals surface area contributed by atoms with Gasteiger partial charge in [0.1, 0.15) is 0 Å². The van der Waals surface area contributed by atoms with Gasteiger partial charge in [0.15, 0.2) is 11.6 Å². The molecule has 3 aliphatic heterocycles. The first kappa shape index (κ1) is 20.3. The summed E-state index contributed by atoms with van der Waals surface area (Å²) in [6.07, 6.45) is 7.91. The summed E-state index contributed by atoms with van der Waals surface area (Å²) in [5, 5.41) is 0. The minimum absolute atomic E-state index is 0.153. The van der Waals surface area contributed by atoms with Crippen LogP contribution in [0.1, 0.15) is 25.7 Å². The van der Waals surface area contributed by atoms with Crippen molar-refractivity contribution in [2.24, 2.45) is 5.92 Å². The molecule has 0 radical (unpaired) electrons. The fraction of sp³-hybridized carbons (Fsp3) is 0.762. The molecule has 1 aromatic heterocycles. The van der Waals surface area contributed by atoms with Crippen LogP contribution in [0.2, 0.25) is 0 Å². The van der Waals surface area contributed by atoms with Gasteiger partial charge in [-0.3, -0.25) is 9.69 Å². The molecule has 0 N–H and O–H groups in total. The highest BCUT2D eigenvalue weighted by molar-refractivity contribution is 5.79. The van der Waals surface area contributed by atoms with Crippen LogP contribution in [0.25, 0.3) is 0 Å². The van der Waals surface area contributed by atoms with Gasteiger partial charge in [-0.1, -0.05) is 0 Å². The summed E-state index contributed by atoms with van der Waals surface area (Å²) in [6, 6.07) is 0.561. The van der Waals surface area contributed by atoms with Crippen LogP contribution in [0.3, 0.4) is 0 Å². The molecule has 0 aliphatic carbocycles. The Bertz CT molecular complexity index is 686. The van der Waals surface area contributed by atoms with E-state index in [-0.39, 0.29) is 5.92 Å². The van der Waals surface area contributed by atoms with Crippen molar-refractivity contribution in [2.75, 3.05) is 76.4 Å². The van der Waals surface area contributed by atoms with Crippen molar-refractivity contribution in [3.8, 4) is 0 Å². The zero-order valence-electron chi connectivity index (χ0n) is 17.8. The monoisotopic (exact) mass is 402 g/mol. The molecule has 0 bridgehead atoms. The molecule has 4 heterocycles. The van der Waals surface area contributed by atoms with E-state index in [0.29, 0.717) is 25.2 Å². The first-order chi connectivity index (χ1) is 14.1. The molecule has 160 valence electrons. The number of aromatic nitrogens is 2. The number of nitrogens with zero attached hydrogens (tertiary/aromatic N) is 6. The van der Waals surface area contributed by atoms with E-state index in [1.165, 1.54) is 0 Å². The van der Waals surface area contributed by atoms with Crippen LogP contribution in [0.5, 0.6) is 0 Å². The molecule has 1 amide bonds. The van der Waals surface area contributed by atoms with E-state index < -0.39 is 0 Å². The molecule has 3 aliphatic rings.